The Bertz CT molecular complexity index is 298. The van der Waals surface area contributed by atoms with Crippen LogP contribution in [0.2, 0.25) is 0 Å². The maximum absolute atomic E-state index is 12.4. The fraction of sp³-hybridized carbons (Fsp3) is 1.00. The molecule has 12 heteroatoms. The van der Waals surface area contributed by atoms with Gasteiger partial charge >= 0.3 is 30.1 Å². The molecule has 0 saturated heterocycles. The molecule has 110 valence electrons. The van der Waals surface area contributed by atoms with Gasteiger partial charge < -0.3 is 5.11 Å². The summed E-state index contributed by atoms with van der Waals surface area (Å²) in [6.07, 6.45) is -16.2. The van der Waals surface area contributed by atoms with Crippen LogP contribution in [0.15, 0.2) is 0 Å². The van der Waals surface area contributed by atoms with Crippen molar-refractivity contribution in [2.24, 2.45) is 0 Å². The molecule has 0 atom stereocenters. The summed E-state index contributed by atoms with van der Waals surface area (Å²) in [5, 5.41) is 7.51. The number of aliphatic hydroxyl groups is 1. The lowest BCUT2D eigenvalue weighted by molar-refractivity contribution is -0.406. The molecule has 0 aliphatic rings. The summed E-state index contributed by atoms with van der Waals surface area (Å²) >= 11 is 0. The predicted octanol–water partition coefficient (Wildman–Crippen LogP) is 3.43. The molecular weight excluding hydrogens is 297 g/mol. The van der Waals surface area contributed by atoms with Gasteiger partial charge in [-0.3, -0.25) is 0 Å². The van der Waals surface area contributed by atoms with Crippen molar-refractivity contribution in [3.8, 4) is 0 Å². The van der Waals surface area contributed by atoms with Crippen molar-refractivity contribution in [2.75, 3.05) is 0 Å². The maximum atomic E-state index is 12.4. The molecule has 0 rings (SSSR count). The smallest absolute Gasteiger partial charge is 0.336 e. The lowest BCUT2D eigenvalue weighted by Gasteiger charge is -2.34. The zero-order valence-corrected chi connectivity index (χ0v) is 7.81. The average Bonchev–Trinajstić information content (AvgIpc) is 1.95. The summed E-state index contributed by atoms with van der Waals surface area (Å²) in [5.74, 6) is -20.9. The number of hydrogen-bond acceptors (Lipinski definition) is 1. The van der Waals surface area contributed by atoms with E-state index < -0.39 is 36.5 Å². The normalized spacial score (nSPS) is 16.0. The lowest BCUT2D eigenvalue weighted by atomic mass is 10.0. The highest BCUT2D eigenvalue weighted by atomic mass is 19.4. The van der Waals surface area contributed by atoms with Crippen LogP contribution in [0.4, 0.5) is 48.3 Å². The Morgan fingerprint density at radius 3 is 1.17 bits per heavy atom. The Labute approximate surface area is 91.2 Å². The zero-order valence-electron chi connectivity index (χ0n) is 7.81. The van der Waals surface area contributed by atoms with Crippen LogP contribution in [0.1, 0.15) is 6.42 Å². The first-order valence-electron chi connectivity index (χ1n) is 3.76. The fourth-order valence-electron chi connectivity index (χ4n) is 0.786. The zero-order chi connectivity index (χ0) is 15.2. The quantitative estimate of drug-likeness (QED) is 0.789. The van der Waals surface area contributed by atoms with E-state index in [0.29, 0.717) is 0 Å². The maximum Gasteiger partial charge on any atom is 0.460 e. The molecule has 0 heterocycles. The Morgan fingerprint density at radius 2 is 0.944 bits per heavy atom. The largest absolute Gasteiger partial charge is 0.460 e. The Kier molecular flexibility index (Phi) is 3.91. The molecule has 0 aliphatic heterocycles. The third-order valence-corrected chi connectivity index (χ3v) is 1.64. The number of hydrogen-bond donors (Lipinski definition) is 1. The summed E-state index contributed by atoms with van der Waals surface area (Å²) in [6, 6.07) is 0. The van der Waals surface area contributed by atoms with Gasteiger partial charge in [0.2, 0.25) is 0 Å². The van der Waals surface area contributed by atoms with Gasteiger partial charge in [-0.15, -0.1) is 0 Å². The first-order chi connectivity index (χ1) is 7.46. The van der Waals surface area contributed by atoms with Gasteiger partial charge in [0.25, 0.3) is 0 Å². The van der Waals surface area contributed by atoms with Gasteiger partial charge in [-0.2, -0.15) is 48.3 Å². The lowest BCUT2D eigenvalue weighted by Crippen LogP contribution is -2.61. The van der Waals surface area contributed by atoms with Crippen LogP contribution in [-0.2, 0) is 0 Å². The molecule has 0 aliphatic carbocycles. The van der Waals surface area contributed by atoms with Gasteiger partial charge in [-0.1, -0.05) is 0 Å². The van der Waals surface area contributed by atoms with Gasteiger partial charge in [0.05, 0.1) is 0 Å². The minimum atomic E-state index is -7.24. The standard InChI is InChI=1S/C6H3F11O/c7-2(8,1-3(9,10)18)4(11,12)5(13,14)6(15,16)17/h18H,1H2. The van der Waals surface area contributed by atoms with Gasteiger partial charge in [-0.05, 0) is 0 Å². The predicted molar refractivity (Wildman–Crippen MR) is 32.7 cm³/mol. The van der Waals surface area contributed by atoms with Crippen molar-refractivity contribution in [2.45, 2.75) is 36.5 Å². The van der Waals surface area contributed by atoms with E-state index >= 15 is 0 Å². The fourth-order valence-corrected chi connectivity index (χ4v) is 0.786. The second-order valence-corrected chi connectivity index (χ2v) is 3.19. The molecule has 0 bridgehead atoms. The van der Waals surface area contributed by atoms with Crippen LogP contribution in [0, 0.1) is 0 Å². The van der Waals surface area contributed by atoms with Crippen molar-refractivity contribution >= 4 is 0 Å². The Morgan fingerprint density at radius 1 is 0.611 bits per heavy atom. The molecule has 0 aromatic carbocycles. The monoisotopic (exact) mass is 300 g/mol. The Balaban J connectivity index is 5.50. The summed E-state index contributed by atoms with van der Waals surface area (Å²) < 4.78 is 131. The van der Waals surface area contributed by atoms with Gasteiger partial charge in [0, 0.05) is 0 Å². The molecule has 1 N–H and O–H groups in total. The summed E-state index contributed by atoms with van der Waals surface area (Å²) in [5.41, 5.74) is 0. The van der Waals surface area contributed by atoms with E-state index in [4.69, 9.17) is 5.11 Å². The second-order valence-electron chi connectivity index (χ2n) is 3.19. The van der Waals surface area contributed by atoms with E-state index in [9.17, 15) is 48.3 Å². The highest BCUT2D eigenvalue weighted by Crippen LogP contribution is 2.55. The highest BCUT2D eigenvalue weighted by molar-refractivity contribution is 5.00. The van der Waals surface area contributed by atoms with Crippen molar-refractivity contribution in [1.82, 2.24) is 0 Å². The molecule has 0 unspecified atom stereocenters. The SMILES string of the molecule is OC(F)(F)CC(F)(F)C(F)(F)C(F)(F)C(F)(F)F. The average molecular weight is 300 g/mol. The number of rotatable bonds is 4. The Hall–Kier alpha value is -0.810. The van der Waals surface area contributed by atoms with Crippen LogP contribution in [0.3, 0.4) is 0 Å². The molecule has 0 amide bonds. The molecule has 0 fully saturated rings. The molecule has 0 spiro atoms. The minimum absolute atomic E-state index is 3.58. The van der Waals surface area contributed by atoms with Crippen molar-refractivity contribution in [3.05, 3.63) is 0 Å². The van der Waals surface area contributed by atoms with Crippen LogP contribution < -0.4 is 0 Å². The van der Waals surface area contributed by atoms with Crippen LogP contribution in [0.25, 0.3) is 0 Å². The third-order valence-electron chi connectivity index (χ3n) is 1.64. The van der Waals surface area contributed by atoms with E-state index in [1.54, 1.807) is 0 Å². The molecule has 0 aromatic heterocycles. The second kappa shape index (κ2) is 4.10. The third kappa shape index (κ3) is 2.95. The van der Waals surface area contributed by atoms with Gasteiger partial charge in [0.15, 0.2) is 0 Å². The summed E-state index contributed by atoms with van der Waals surface area (Å²) in [4.78, 5) is 0. The number of halogens is 11. The van der Waals surface area contributed by atoms with Gasteiger partial charge in [0.1, 0.15) is 6.42 Å². The molecule has 18 heavy (non-hydrogen) atoms. The topological polar surface area (TPSA) is 20.2 Å². The van der Waals surface area contributed by atoms with Crippen LogP contribution in [0.5, 0.6) is 0 Å². The van der Waals surface area contributed by atoms with Gasteiger partial charge in [-0.25, -0.2) is 0 Å². The van der Waals surface area contributed by atoms with Crippen LogP contribution >= 0.6 is 0 Å². The molecule has 0 aromatic rings. The molecule has 1 nitrogen and oxygen atoms in total. The van der Waals surface area contributed by atoms with Crippen molar-refractivity contribution < 1.29 is 53.4 Å². The van der Waals surface area contributed by atoms with E-state index in [1.165, 1.54) is 0 Å². The van der Waals surface area contributed by atoms with E-state index in [2.05, 4.69) is 0 Å². The van der Waals surface area contributed by atoms with Crippen LogP contribution in [-0.4, -0.2) is 35.2 Å². The summed E-state index contributed by atoms with van der Waals surface area (Å²) in [7, 11) is 0. The van der Waals surface area contributed by atoms with E-state index in [1.807, 2.05) is 0 Å². The molecule has 0 radical (unpaired) electrons. The van der Waals surface area contributed by atoms with Crippen molar-refractivity contribution in [3.63, 3.8) is 0 Å². The summed E-state index contributed by atoms with van der Waals surface area (Å²) in [6.45, 7) is 0. The first-order valence-corrected chi connectivity index (χ1v) is 3.76. The first kappa shape index (κ1) is 17.2. The molecular formula is C6H3F11O. The minimum Gasteiger partial charge on any atom is -0.336 e. The number of alkyl halides is 11. The highest BCUT2D eigenvalue weighted by Gasteiger charge is 2.82. The van der Waals surface area contributed by atoms with Crippen molar-refractivity contribution in [1.29, 1.82) is 0 Å². The molecule has 0 saturated carbocycles. The van der Waals surface area contributed by atoms with E-state index in [0.717, 1.165) is 0 Å². The van der Waals surface area contributed by atoms with E-state index in [-0.39, 0.29) is 0 Å².